The van der Waals surface area contributed by atoms with E-state index < -0.39 is 0 Å². The summed E-state index contributed by atoms with van der Waals surface area (Å²) in [5, 5.41) is 2.80. The molecule has 0 saturated heterocycles. The first kappa shape index (κ1) is 13.9. The van der Waals surface area contributed by atoms with E-state index in [2.05, 4.69) is 36.2 Å². The number of carbonyl (C=O) groups is 1. The van der Waals surface area contributed by atoms with Gasteiger partial charge in [0.05, 0.1) is 4.47 Å². The van der Waals surface area contributed by atoms with Crippen molar-refractivity contribution in [3.8, 4) is 0 Å². The van der Waals surface area contributed by atoms with E-state index in [4.69, 9.17) is 5.73 Å². The maximum Gasteiger partial charge on any atom is 0.271 e. The molecular formula is C14H14BrN5O. The lowest BCUT2D eigenvalue weighted by atomic mass is 10.2. The monoisotopic (exact) mass is 347 g/mol. The van der Waals surface area contributed by atoms with Crippen LogP contribution in [-0.4, -0.2) is 20.9 Å². The third-order valence-corrected chi connectivity index (χ3v) is 3.87. The number of hydrogen-bond acceptors (Lipinski definition) is 5. The van der Waals surface area contributed by atoms with Crippen LogP contribution in [0.15, 0.2) is 29.0 Å². The van der Waals surface area contributed by atoms with Crippen LogP contribution in [0.5, 0.6) is 0 Å². The molecule has 2 aromatic heterocycles. The Labute approximate surface area is 130 Å². The first-order chi connectivity index (χ1) is 10.1. The van der Waals surface area contributed by atoms with Crippen LogP contribution in [0.1, 0.15) is 40.6 Å². The van der Waals surface area contributed by atoms with Crippen molar-refractivity contribution in [3.05, 3.63) is 46.1 Å². The third-order valence-electron chi connectivity index (χ3n) is 3.29. The average Bonchev–Trinajstić information content (AvgIpc) is 3.31. The average molecular weight is 348 g/mol. The zero-order chi connectivity index (χ0) is 14.8. The topological polar surface area (TPSA) is 93.8 Å². The zero-order valence-electron chi connectivity index (χ0n) is 11.2. The molecule has 0 aliphatic heterocycles. The van der Waals surface area contributed by atoms with Gasteiger partial charge in [-0.2, -0.15) is 0 Å². The number of nitrogens with one attached hydrogen (secondary N) is 1. The zero-order valence-corrected chi connectivity index (χ0v) is 12.8. The Morgan fingerprint density at radius 2 is 2.24 bits per heavy atom. The van der Waals surface area contributed by atoms with Gasteiger partial charge in [0.1, 0.15) is 17.3 Å². The van der Waals surface area contributed by atoms with E-state index in [1.807, 2.05) is 6.07 Å². The van der Waals surface area contributed by atoms with Crippen molar-refractivity contribution in [1.29, 1.82) is 0 Å². The van der Waals surface area contributed by atoms with Gasteiger partial charge in [0.25, 0.3) is 5.91 Å². The lowest BCUT2D eigenvalue weighted by Crippen LogP contribution is -2.25. The van der Waals surface area contributed by atoms with Crippen molar-refractivity contribution in [2.24, 2.45) is 0 Å². The maximum atomic E-state index is 12.3. The molecular weight excluding hydrogens is 334 g/mol. The van der Waals surface area contributed by atoms with Crippen LogP contribution in [-0.2, 0) is 6.54 Å². The summed E-state index contributed by atoms with van der Waals surface area (Å²) in [6.45, 7) is 0.313. The summed E-state index contributed by atoms with van der Waals surface area (Å²) in [5.74, 6) is 1.30. The van der Waals surface area contributed by atoms with Gasteiger partial charge < -0.3 is 11.1 Å². The molecule has 1 fully saturated rings. The Bertz CT molecular complexity index is 687. The molecule has 21 heavy (non-hydrogen) atoms. The lowest BCUT2D eigenvalue weighted by molar-refractivity contribution is 0.0944. The second-order valence-corrected chi connectivity index (χ2v) is 5.78. The molecule has 1 amide bonds. The van der Waals surface area contributed by atoms with Gasteiger partial charge in [0.2, 0.25) is 0 Å². The minimum absolute atomic E-state index is 0.255. The van der Waals surface area contributed by atoms with Crippen LogP contribution in [0.4, 0.5) is 5.82 Å². The van der Waals surface area contributed by atoms with Crippen LogP contribution in [0.2, 0.25) is 0 Å². The highest BCUT2D eigenvalue weighted by Crippen LogP contribution is 2.38. The lowest BCUT2D eigenvalue weighted by Gasteiger charge is -2.08. The van der Waals surface area contributed by atoms with E-state index in [0.717, 1.165) is 24.2 Å². The molecule has 0 atom stereocenters. The van der Waals surface area contributed by atoms with Gasteiger partial charge in [0.15, 0.2) is 0 Å². The predicted octanol–water partition coefficient (Wildman–Crippen LogP) is 2.02. The summed E-state index contributed by atoms with van der Waals surface area (Å²) < 4.78 is 0.587. The molecule has 0 spiro atoms. The van der Waals surface area contributed by atoms with Crippen LogP contribution in [0, 0.1) is 0 Å². The molecule has 3 N–H and O–H groups in total. The number of pyridine rings is 1. The molecule has 0 bridgehead atoms. The minimum atomic E-state index is -0.255. The van der Waals surface area contributed by atoms with E-state index in [9.17, 15) is 4.79 Å². The second-order valence-electron chi connectivity index (χ2n) is 4.93. The summed E-state index contributed by atoms with van der Waals surface area (Å²) in [7, 11) is 0. The Hall–Kier alpha value is -2.02. The smallest absolute Gasteiger partial charge is 0.271 e. The molecule has 2 aromatic rings. The van der Waals surface area contributed by atoms with E-state index in [-0.39, 0.29) is 5.91 Å². The largest absolute Gasteiger partial charge is 0.383 e. The highest BCUT2D eigenvalue weighted by molar-refractivity contribution is 9.10. The summed E-state index contributed by atoms with van der Waals surface area (Å²) in [4.78, 5) is 24.8. The van der Waals surface area contributed by atoms with Gasteiger partial charge in [-0.3, -0.25) is 4.79 Å². The third kappa shape index (κ3) is 3.18. The molecule has 1 saturated carbocycles. The summed E-state index contributed by atoms with van der Waals surface area (Å²) in [5.41, 5.74) is 6.88. The van der Waals surface area contributed by atoms with Gasteiger partial charge in [0, 0.05) is 30.4 Å². The molecule has 3 rings (SSSR count). The van der Waals surface area contributed by atoms with Crippen molar-refractivity contribution in [1.82, 2.24) is 20.3 Å². The molecule has 1 aliphatic carbocycles. The number of hydrogen-bond donors (Lipinski definition) is 2. The molecule has 0 radical (unpaired) electrons. The van der Waals surface area contributed by atoms with Crippen molar-refractivity contribution >= 4 is 27.7 Å². The van der Waals surface area contributed by atoms with E-state index in [1.165, 1.54) is 0 Å². The van der Waals surface area contributed by atoms with Crippen LogP contribution in [0.3, 0.4) is 0 Å². The number of amides is 1. The SMILES string of the molecule is Nc1ncccc1CNC(=O)c1nc(C2CC2)ncc1Br. The number of nitrogens with two attached hydrogens (primary N) is 1. The number of anilines is 1. The van der Waals surface area contributed by atoms with Crippen LogP contribution < -0.4 is 11.1 Å². The number of nitrogens with zero attached hydrogens (tertiary/aromatic N) is 3. The second kappa shape index (κ2) is 5.77. The van der Waals surface area contributed by atoms with E-state index in [1.54, 1.807) is 18.5 Å². The number of nitrogen functional groups attached to an aromatic ring is 1. The fraction of sp³-hybridized carbons (Fsp3) is 0.286. The summed E-state index contributed by atoms with van der Waals surface area (Å²) in [6.07, 6.45) is 5.43. The number of rotatable bonds is 4. The quantitative estimate of drug-likeness (QED) is 0.882. The van der Waals surface area contributed by atoms with Crippen molar-refractivity contribution in [3.63, 3.8) is 0 Å². The fourth-order valence-electron chi connectivity index (χ4n) is 1.94. The summed E-state index contributed by atoms with van der Waals surface area (Å²) in [6, 6.07) is 3.61. The molecule has 1 aliphatic rings. The van der Waals surface area contributed by atoms with Crippen LogP contribution in [0.25, 0.3) is 0 Å². The molecule has 6 nitrogen and oxygen atoms in total. The standard InChI is InChI=1S/C14H14BrN5O/c15-10-7-18-13(8-3-4-8)20-11(10)14(21)19-6-9-2-1-5-17-12(9)16/h1-2,5,7-8H,3-4,6H2,(H2,16,17)(H,19,21). The van der Waals surface area contributed by atoms with E-state index in [0.29, 0.717) is 28.4 Å². The van der Waals surface area contributed by atoms with Crippen molar-refractivity contribution in [2.75, 3.05) is 5.73 Å². The van der Waals surface area contributed by atoms with Crippen molar-refractivity contribution in [2.45, 2.75) is 25.3 Å². The molecule has 108 valence electrons. The van der Waals surface area contributed by atoms with Gasteiger partial charge in [-0.1, -0.05) is 6.07 Å². The van der Waals surface area contributed by atoms with Crippen LogP contribution >= 0.6 is 15.9 Å². The maximum absolute atomic E-state index is 12.3. The minimum Gasteiger partial charge on any atom is -0.383 e. The Morgan fingerprint density at radius 1 is 1.43 bits per heavy atom. The van der Waals surface area contributed by atoms with Gasteiger partial charge in [-0.25, -0.2) is 15.0 Å². The molecule has 2 heterocycles. The Balaban J connectivity index is 1.73. The Morgan fingerprint density at radius 3 is 2.95 bits per heavy atom. The van der Waals surface area contributed by atoms with Gasteiger partial charge >= 0.3 is 0 Å². The van der Waals surface area contributed by atoms with E-state index >= 15 is 0 Å². The molecule has 0 aromatic carbocycles. The first-order valence-electron chi connectivity index (χ1n) is 6.65. The normalized spacial score (nSPS) is 14.0. The number of halogens is 1. The van der Waals surface area contributed by atoms with Crippen molar-refractivity contribution < 1.29 is 4.79 Å². The molecule has 7 heteroatoms. The number of carbonyl (C=O) groups excluding carboxylic acids is 1. The summed E-state index contributed by atoms with van der Waals surface area (Å²) >= 11 is 3.32. The highest BCUT2D eigenvalue weighted by Gasteiger charge is 2.28. The molecule has 0 unspecified atom stereocenters. The predicted molar refractivity (Wildman–Crippen MR) is 81.5 cm³/mol. The highest BCUT2D eigenvalue weighted by atomic mass is 79.9. The van der Waals surface area contributed by atoms with Gasteiger partial charge in [-0.15, -0.1) is 0 Å². The van der Waals surface area contributed by atoms with Gasteiger partial charge in [-0.05, 0) is 34.8 Å². The number of aromatic nitrogens is 3. The first-order valence-corrected chi connectivity index (χ1v) is 7.44. The fourth-order valence-corrected chi connectivity index (χ4v) is 2.31. The Kier molecular flexibility index (Phi) is 3.83.